The first-order chi connectivity index (χ1) is 12.6. The standard InChI is InChI=1S/C22H23NO3/c1-15(21(24)23-12-11-17-5-2-3-6-20(17)14-23)26-22(25)19-10-9-16-7-4-8-18(16)13-19/h2-3,5-6,9-10,13,15H,4,7-8,11-12,14H2,1H3/t15-/m0/s1. The van der Waals surface area contributed by atoms with E-state index in [-0.39, 0.29) is 5.91 Å². The molecule has 1 amide bonds. The molecule has 0 saturated heterocycles. The molecule has 2 aromatic carbocycles. The van der Waals surface area contributed by atoms with Crippen LogP contribution < -0.4 is 0 Å². The summed E-state index contributed by atoms with van der Waals surface area (Å²) in [4.78, 5) is 26.9. The highest BCUT2D eigenvalue weighted by Crippen LogP contribution is 2.24. The van der Waals surface area contributed by atoms with Crippen molar-refractivity contribution in [2.75, 3.05) is 6.54 Å². The van der Waals surface area contributed by atoms with Crippen LogP contribution in [0.3, 0.4) is 0 Å². The normalized spacial score (nSPS) is 16.6. The Morgan fingerprint density at radius 3 is 2.54 bits per heavy atom. The number of hydrogen-bond acceptors (Lipinski definition) is 3. The van der Waals surface area contributed by atoms with Crippen LogP contribution in [0.4, 0.5) is 0 Å². The highest BCUT2D eigenvalue weighted by atomic mass is 16.5. The number of amides is 1. The predicted octanol–water partition coefficient (Wildman–Crippen LogP) is 3.31. The van der Waals surface area contributed by atoms with Gasteiger partial charge >= 0.3 is 5.97 Å². The van der Waals surface area contributed by atoms with Gasteiger partial charge in [-0.15, -0.1) is 0 Å². The molecule has 2 aromatic rings. The van der Waals surface area contributed by atoms with Gasteiger partial charge in [-0.1, -0.05) is 30.3 Å². The minimum absolute atomic E-state index is 0.131. The summed E-state index contributed by atoms with van der Waals surface area (Å²) in [6.45, 7) is 2.90. The SMILES string of the molecule is C[C@H](OC(=O)c1ccc2c(c1)CCC2)C(=O)N1CCc2ccccc2C1. The van der Waals surface area contributed by atoms with Crippen LogP contribution in [-0.4, -0.2) is 29.4 Å². The molecule has 0 N–H and O–H groups in total. The summed E-state index contributed by atoms with van der Waals surface area (Å²) >= 11 is 0. The third-order valence-corrected chi connectivity index (χ3v) is 5.41. The van der Waals surface area contributed by atoms with E-state index in [0.29, 0.717) is 18.7 Å². The van der Waals surface area contributed by atoms with Crippen molar-refractivity contribution in [1.82, 2.24) is 4.90 Å². The maximum atomic E-state index is 12.7. The van der Waals surface area contributed by atoms with Gasteiger partial charge in [0.2, 0.25) is 0 Å². The number of esters is 1. The van der Waals surface area contributed by atoms with Crippen molar-refractivity contribution in [2.24, 2.45) is 0 Å². The summed E-state index contributed by atoms with van der Waals surface area (Å²) in [6, 6.07) is 13.9. The number of fused-ring (bicyclic) bond motifs is 2. The van der Waals surface area contributed by atoms with Gasteiger partial charge in [0.1, 0.15) is 0 Å². The Kier molecular flexibility index (Phi) is 4.49. The Hall–Kier alpha value is -2.62. The van der Waals surface area contributed by atoms with Crippen molar-refractivity contribution < 1.29 is 14.3 Å². The largest absolute Gasteiger partial charge is 0.449 e. The minimum atomic E-state index is -0.777. The second-order valence-corrected chi connectivity index (χ2v) is 7.16. The molecule has 0 saturated carbocycles. The van der Waals surface area contributed by atoms with Gasteiger partial charge in [0.25, 0.3) is 5.91 Å². The van der Waals surface area contributed by atoms with Crippen LogP contribution in [0.2, 0.25) is 0 Å². The van der Waals surface area contributed by atoms with E-state index < -0.39 is 12.1 Å². The number of benzene rings is 2. The molecule has 4 nitrogen and oxygen atoms in total. The maximum absolute atomic E-state index is 12.7. The van der Waals surface area contributed by atoms with Crippen molar-refractivity contribution in [3.05, 3.63) is 70.3 Å². The van der Waals surface area contributed by atoms with Gasteiger partial charge in [0.05, 0.1) is 5.56 Å². The zero-order valence-corrected chi connectivity index (χ0v) is 15.0. The lowest BCUT2D eigenvalue weighted by atomic mass is 9.99. The average Bonchev–Trinajstić information content (AvgIpc) is 3.14. The molecule has 4 heteroatoms. The van der Waals surface area contributed by atoms with Crippen molar-refractivity contribution in [3.63, 3.8) is 0 Å². The van der Waals surface area contributed by atoms with Crippen LogP contribution in [0.25, 0.3) is 0 Å². The second kappa shape index (κ2) is 6.94. The first kappa shape index (κ1) is 16.8. The van der Waals surface area contributed by atoms with Gasteiger partial charge in [0, 0.05) is 13.1 Å². The van der Waals surface area contributed by atoms with Crippen molar-refractivity contribution in [2.45, 2.75) is 45.3 Å². The Morgan fingerprint density at radius 1 is 0.962 bits per heavy atom. The van der Waals surface area contributed by atoms with Crippen molar-refractivity contribution in [1.29, 1.82) is 0 Å². The summed E-state index contributed by atoms with van der Waals surface area (Å²) < 4.78 is 5.47. The number of aryl methyl sites for hydroxylation is 2. The van der Waals surface area contributed by atoms with Crippen LogP contribution in [0.15, 0.2) is 42.5 Å². The van der Waals surface area contributed by atoms with E-state index in [4.69, 9.17) is 4.74 Å². The molecular formula is C22H23NO3. The fourth-order valence-corrected chi connectivity index (χ4v) is 3.92. The minimum Gasteiger partial charge on any atom is -0.449 e. The van der Waals surface area contributed by atoms with E-state index in [9.17, 15) is 9.59 Å². The molecule has 0 radical (unpaired) electrons. The Labute approximate surface area is 153 Å². The first-order valence-electron chi connectivity index (χ1n) is 9.30. The molecule has 26 heavy (non-hydrogen) atoms. The van der Waals surface area contributed by atoms with Crippen LogP contribution in [0.1, 0.15) is 46.0 Å². The molecule has 0 aromatic heterocycles. The molecule has 0 fully saturated rings. The summed E-state index contributed by atoms with van der Waals surface area (Å²) in [5.74, 6) is -0.549. The summed E-state index contributed by atoms with van der Waals surface area (Å²) in [5.41, 5.74) is 5.54. The van der Waals surface area contributed by atoms with E-state index in [1.807, 2.05) is 24.3 Å². The molecule has 1 atom stereocenters. The summed E-state index contributed by atoms with van der Waals surface area (Å²) in [6.07, 6.45) is 3.29. The number of hydrogen-bond donors (Lipinski definition) is 0. The molecule has 134 valence electrons. The van der Waals surface area contributed by atoms with E-state index in [0.717, 1.165) is 25.7 Å². The topological polar surface area (TPSA) is 46.6 Å². The third kappa shape index (κ3) is 3.24. The fraction of sp³-hybridized carbons (Fsp3) is 0.364. The monoisotopic (exact) mass is 349 g/mol. The number of carbonyl (C=O) groups excluding carboxylic acids is 2. The zero-order valence-electron chi connectivity index (χ0n) is 15.0. The number of carbonyl (C=O) groups is 2. The Balaban J connectivity index is 1.41. The molecular weight excluding hydrogens is 326 g/mol. The van der Waals surface area contributed by atoms with Gasteiger partial charge in [-0.3, -0.25) is 4.79 Å². The quantitative estimate of drug-likeness (QED) is 0.799. The van der Waals surface area contributed by atoms with Crippen LogP contribution in [0.5, 0.6) is 0 Å². The van der Waals surface area contributed by atoms with Crippen LogP contribution in [-0.2, 0) is 35.3 Å². The number of ether oxygens (including phenoxy) is 1. The van der Waals surface area contributed by atoms with Crippen molar-refractivity contribution in [3.8, 4) is 0 Å². The van der Waals surface area contributed by atoms with E-state index in [1.165, 1.54) is 22.3 Å². The van der Waals surface area contributed by atoms with Gasteiger partial charge in [-0.2, -0.15) is 0 Å². The lowest BCUT2D eigenvalue weighted by molar-refractivity contribution is -0.140. The Morgan fingerprint density at radius 2 is 1.69 bits per heavy atom. The first-order valence-corrected chi connectivity index (χ1v) is 9.30. The average molecular weight is 349 g/mol. The number of rotatable bonds is 3. The lowest BCUT2D eigenvalue weighted by Crippen LogP contribution is -2.42. The van der Waals surface area contributed by atoms with Gasteiger partial charge in [-0.05, 0) is 67.0 Å². The summed E-state index contributed by atoms with van der Waals surface area (Å²) in [7, 11) is 0. The Bertz CT molecular complexity index is 858. The number of nitrogens with zero attached hydrogens (tertiary/aromatic N) is 1. The maximum Gasteiger partial charge on any atom is 0.338 e. The molecule has 1 aliphatic heterocycles. The molecule has 1 heterocycles. The van der Waals surface area contributed by atoms with Crippen LogP contribution >= 0.6 is 0 Å². The highest BCUT2D eigenvalue weighted by molar-refractivity contribution is 5.92. The highest BCUT2D eigenvalue weighted by Gasteiger charge is 2.27. The smallest absolute Gasteiger partial charge is 0.338 e. The molecule has 4 rings (SSSR count). The molecule has 1 aliphatic carbocycles. The lowest BCUT2D eigenvalue weighted by Gasteiger charge is -2.30. The van der Waals surface area contributed by atoms with Gasteiger partial charge < -0.3 is 9.64 Å². The predicted molar refractivity (Wildman–Crippen MR) is 98.9 cm³/mol. The van der Waals surface area contributed by atoms with E-state index >= 15 is 0 Å². The zero-order chi connectivity index (χ0) is 18.1. The molecule has 2 aliphatic rings. The molecule has 0 unspecified atom stereocenters. The van der Waals surface area contributed by atoms with Gasteiger partial charge in [-0.25, -0.2) is 4.79 Å². The van der Waals surface area contributed by atoms with E-state index in [2.05, 4.69) is 12.1 Å². The molecule has 0 spiro atoms. The van der Waals surface area contributed by atoms with Gasteiger partial charge in [0.15, 0.2) is 6.10 Å². The molecule has 0 bridgehead atoms. The van der Waals surface area contributed by atoms with Crippen molar-refractivity contribution >= 4 is 11.9 Å². The fourth-order valence-electron chi connectivity index (χ4n) is 3.92. The third-order valence-electron chi connectivity index (χ3n) is 5.41. The second-order valence-electron chi connectivity index (χ2n) is 7.16. The summed E-state index contributed by atoms with van der Waals surface area (Å²) in [5, 5.41) is 0. The van der Waals surface area contributed by atoms with Crippen LogP contribution in [0, 0.1) is 0 Å². The van der Waals surface area contributed by atoms with E-state index in [1.54, 1.807) is 17.9 Å².